The van der Waals surface area contributed by atoms with E-state index in [-0.39, 0.29) is 11.2 Å². The minimum atomic E-state index is -0.493. The quantitative estimate of drug-likeness (QED) is 0.488. The second-order valence-corrected chi connectivity index (χ2v) is 6.33. The highest BCUT2D eigenvalue weighted by atomic mass is 35.5. The van der Waals surface area contributed by atoms with E-state index in [9.17, 15) is 4.79 Å². The first kappa shape index (κ1) is 17.5. The van der Waals surface area contributed by atoms with Crippen LogP contribution >= 0.6 is 11.6 Å². The van der Waals surface area contributed by atoms with Gasteiger partial charge >= 0.3 is 6.09 Å². The number of carbonyl (C=O) groups is 1. The largest absolute Gasteiger partial charge is 0.444 e. The molecule has 0 saturated carbocycles. The van der Waals surface area contributed by atoms with Crippen molar-refractivity contribution in [1.82, 2.24) is 9.80 Å². The monoisotopic (exact) mass is 318 g/mol. The fourth-order valence-corrected chi connectivity index (χ4v) is 2.08. The maximum atomic E-state index is 12.0. The number of piperazine rings is 1. The first-order chi connectivity index (χ1) is 9.60. The molecule has 8 heteroatoms. The molecule has 0 aromatic rings. The number of rotatable bonds is 2. The topological polar surface area (TPSA) is 112 Å². The van der Waals surface area contributed by atoms with Crippen molar-refractivity contribution in [3.05, 3.63) is 22.8 Å². The molecule has 0 radical (unpaired) electrons. The predicted molar refractivity (Wildman–Crippen MR) is 81.6 cm³/mol. The van der Waals surface area contributed by atoms with E-state index in [4.69, 9.17) is 27.8 Å². The Labute approximate surface area is 130 Å². The molecule has 7 N–H and O–H groups in total. The standard InChI is InChI=1S/C13H24ClN5O2/c1-13(2,3)21-12(20)19-6-4-18(5-7-19)9(11(16)17)8-10(14)15/h8H,4-7,15-17H2,1-3H3/p+1/b10-8-. The molecule has 0 spiro atoms. The van der Waals surface area contributed by atoms with Gasteiger partial charge in [-0.2, -0.15) is 0 Å². The van der Waals surface area contributed by atoms with Crippen LogP contribution in [-0.2, 0) is 4.74 Å². The van der Waals surface area contributed by atoms with Gasteiger partial charge in [0.2, 0.25) is 5.82 Å². The number of nitrogens with zero attached hydrogens (tertiary/aromatic N) is 2. The van der Waals surface area contributed by atoms with Crippen molar-refractivity contribution in [2.24, 2.45) is 11.5 Å². The normalized spacial score (nSPS) is 18.4. The Bertz CT molecular complexity index is 440. The van der Waals surface area contributed by atoms with Gasteiger partial charge < -0.3 is 31.7 Å². The van der Waals surface area contributed by atoms with E-state index < -0.39 is 5.60 Å². The molecule has 0 atom stereocenters. The zero-order valence-electron chi connectivity index (χ0n) is 12.9. The van der Waals surface area contributed by atoms with Crippen LogP contribution in [0.2, 0.25) is 0 Å². The molecular formula is C13H25ClN5O2+. The second-order valence-electron chi connectivity index (χ2n) is 5.89. The molecule has 0 aromatic carbocycles. The highest BCUT2D eigenvalue weighted by Gasteiger charge is 2.27. The van der Waals surface area contributed by atoms with Gasteiger partial charge in [-0.25, -0.2) is 4.79 Å². The number of hydrogen-bond acceptors (Lipinski definition) is 5. The summed E-state index contributed by atoms with van der Waals surface area (Å²) in [7, 11) is 0. The molecule has 120 valence electrons. The van der Waals surface area contributed by atoms with Gasteiger partial charge in [-0.1, -0.05) is 11.6 Å². The minimum absolute atomic E-state index is 0.145. The van der Waals surface area contributed by atoms with Crippen LogP contribution in [0.15, 0.2) is 22.8 Å². The van der Waals surface area contributed by atoms with Crippen molar-refractivity contribution < 1.29 is 15.3 Å². The maximum absolute atomic E-state index is 12.0. The van der Waals surface area contributed by atoms with Crippen LogP contribution in [0.1, 0.15) is 20.8 Å². The summed E-state index contributed by atoms with van der Waals surface area (Å²) in [6, 6.07) is 0. The molecule has 1 fully saturated rings. The summed E-state index contributed by atoms with van der Waals surface area (Å²) >= 11 is 5.70. The minimum Gasteiger partial charge on any atom is -0.444 e. The zero-order valence-corrected chi connectivity index (χ0v) is 13.6. The lowest BCUT2D eigenvalue weighted by Crippen LogP contribution is -2.56. The van der Waals surface area contributed by atoms with Gasteiger partial charge in [0, 0.05) is 32.3 Å². The lowest BCUT2D eigenvalue weighted by atomic mass is 10.2. The van der Waals surface area contributed by atoms with E-state index in [0.29, 0.717) is 37.7 Å². The third kappa shape index (κ3) is 5.73. The summed E-state index contributed by atoms with van der Waals surface area (Å²) < 4.78 is 5.35. The van der Waals surface area contributed by atoms with Crippen LogP contribution in [0.5, 0.6) is 0 Å². The zero-order chi connectivity index (χ0) is 16.2. The average Bonchev–Trinajstić information content (AvgIpc) is 2.33. The fraction of sp³-hybridized carbons (Fsp3) is 0.615. The maximum Gasteiger partial charge on any atom is 0.410 e. The van der Waals surface area contributed by atoms with Gasteiger partial charge in [0.05, 0.1) is 0 Å². The van der Waals surface area contributed by atoms with E-state index >= 15 is 0 Å². The summed E-state index contributed by atoms with van der Waals surface area (Å²) in [6.07, 6.45) is 1.27. The number of nitrogens with two attached hydrogens (primary N) is 2. The van der Waals surface area contributed by atoms with Crippen LogP contribution in [0.3, 0.4) is 0 Å². The highest BCUT2D eigenvalue weighted by molar-refractivity contribution is 6.29. The van der Waals surface area contributed by atoms with Crippen molar-refractivity contribution in [3.8, 4) is 0 Å². The van der Waals surface area contributed by atoms with Crippen LogP contribution in [-0.4, -0.2) is 47.7 Å². The van der Waals surface area contributed by atoms with Crippen molar-refractivity contribution in [3.63, 3.8) is 0 Å². The first-order valence-electron chi connectivity index (χ1n) is 6.77. The third-order valence-corrected chi connectivity index (χ3v) is 2.98. The van der Waals surface area contributed by atoms with E-state index in [1.807, 2.05) is 25.7 Å². The number of ether oxygens (including phenoxy) is 1. The molecule has 0 unspecified atom stereocenters. The van der Waals surface area contributed by atoms with Gasteiger partial charge in [0.1, 0.15) is 16.5 Å². The summed E-state index contributed by atoms with van der Waals surface area (Å²) in [4.78, 5) is 15.7. The van der Waals surface area contributed by atoms with E-state index in [0.717, 1.165) is 0 Å². The Balaban J connectivity index is 2.65. The third-order valence-electron chi connectivity index (χ3n) is 2.88. The molecule has 1 rings (SSSR count). The van der Waals surface area contributed by atoms with Crippen molar-refractivity contribution >= 4 is 17.7 Å². The Morgan fingerprint density at radius 2 is 1.67 bits per heavy atom. The summed E-state index contributed by atoms with van der Waals surface area (Å²) in [5.41, 5.74) is 15.2. The number of carbonyl (C=O) groups excluding carboxylic acids is 1. The van der Waals surface area contributed by atoms with Crippen molar-refractivity contribution in [2.75, 3.05) is 26.2 Å². The van der Waals surface area contributed by atoms with Crippen molar-refractivity contribution in [2.45, 2.75) is 26.4 Å². The molecule has 0 aliphatic carbocycles. The number of halogens is 1. The number of allylic oxidation sites excluding steroid dienone is 1. The molecule has 1 saturated heterocycles. The van der Waals surface area contributed by atoms with Gasteiger partial charge in [-0.15, -0.1) is 0 Å². The Morgan fingerprint density at radius 1 is 1.19 bits per heavy atom. The van der Waals surface area contributed by atoms with E-state index in [2.05, 4.69) is 5.73 Å². The van der Waals surface area contributed by atoms with Gasteiger partial charge in [-0.3, -0.25) is 0 Å². The second kappa shape index (κ2) is 6.91. The predicted octanol–water partition coefficient (Wildman–Crippen LogP) is -0.0523. The molecule has 0 aromatic heterocycles. The molecule has 0 bridgehead atoms. The van der Waals surface area contributed by atoms with E-state index in [1.54, 1.807) is 11.0 Å². The summed E-state index contributed by atoms with van der Waals surface area (Å²) in [5, 5.41) is 0.145. The molecule has 1 heterocycles. The van der Waals surface area contributed by atoms with E-state index in [1.165, 1.54) is 0 Å². The average molecular weight is 319 g/mol. The molecule has 1 aliphatic rings. The van der Waals surface area contributed by atoms with Gasteiger partial charge in [0.25, 0.3) is 0 Å². The summed E-state index contributed by atoms with van der Waals surface area (Å²) in [5.74, 6) is 0.393. The van der Waals surface area contributed by atoms with Crippen LogP contribution in [0.4, 0.5) is 4.79 Å². The first-order valence-corrected chi connectivity index (χ1v) is 7.15. The van der Waals surface area contributed by atoms with Crippen LogP contribution in [0, 0.1) is 0 Å². The van der Waals surface area contributed by atoms with Crippen LogP contribution in [0.25, 0.3) is 0 Å². The highest BCUT2D eigenvalue weighted by Crippen LogP contribution is 2.15. The SMILES string of the molecule is CC(C)(C)OC(=O)N1CCN(C(/C=C(\N)Cl)=C(\N)[NH3+])CC1. The van der Waals surface area contributed by atoms with Gasteiger partial charge in [0.15, 0.2) is 0 Å². The lowest BCUT2D eigenvalue weighted by molar-refractivity contribution is -0.307. The molecule has 21 heavy (non-hydrogen) atoms. The number of quaternary nitrogens is 1. The molecule has 1 amide bonds. The molecule has 1 aliphatic heterocycles. The lowest BCUT2D eigenvalue weighted by Gasteiger charge is -2.36. The molecular weight excluding hydrogens is 294 g/mol. The number of amides is 1. The number of hydrogen-bond donors (Lipinski definition) is 3. The van der Waals surface area contributed by atoms with Gasteiger partial charge in [-0.05, 0) is 20.8 Å². The smallest absolute Gasteiger partial charge is 0.410 e. The Kier molecular flexibility index (Phi) is 5.74. The fourth-order valence-electron chi connectivity index (χ4n) is 1.97. The van der Waals surface area contributed by atoms with Crippen LogP contribution < -0.4 is 17.2 Å². The van der Waals surface area contributed by atoms with Crippen molar-refractivity contribution in [1.29, 1.82) is 0 Å². The Morgan fingerprint density at radius 3 is 2.05 bits per heavy atom. The summed E-state index contributed by atoms with van der Waals surface area (Å²) in [6.45, 7) is 7.86. The molecule has 7 nitrogen and oxygen atoms in total. The Hall–Kier alpha value is -1.60.